The van der Waals surface area contributed by atoms with Gasteiger partial charge < -0.3 is 15.7 Å². The van der Waals surface area contributed by atoms with Crippen molar-refractivity contribution in [3.63, 3.8) is 0 Å². The summed E-state index contributed by atoms with van der Waals surface area (Å²) in [6.07, 6.45) is 1.95. The quantitative estimate of drug-likeness (QED) is 0.560. The molecule has 0 fully saturated rings. The van der Waals surface area contributed by atoms with Crippen molar-refractivity contribution in [2.45, 2.75) is 13.3 Å². The van der Waals surface area contributed by atoms with Crippen LogP contribution in [0.2, 0.25) is 0 Å². The summed E-state index contributed by atoms with van der Waals surface area (Å²) >= 11 is 0. The van der Waals surface area contributed by atoms with Crippen molar-refractivity contribution in [2.24, 2.45) is 0 Å². The minimum absolute atomic E-state index is 0.0241. The number of nitriles is 1. The predicted octanol–water partition coefficient (Wildman–Crippen LogP) is 2.27. The van der Waals surface area contributed by atoms with E-state index in [4.69, 9.17) is 5.26 Å². The SMILES string of the molecule is Cc1cccc(N/C=C(/C#N)C(=O)NCCc2ccc(O)cc2)n1. The number of phenols is 1. The third kappa shape index (κ3) is 5.14. The molecule has 6 nitrogen and oxygen atoms in total. The Balaban J connectivity index is 1.88. The van der Waals surface area contributed by atoms with E-state index in [0.29, 0.717) is 18.8 Å². The van der Waals surface area contributed by atoms with Gasteiger partial charge in [-0.3, -0.25) is 4.79 Å². The normalized spacial score (nSPS) is 10.8. The molecule has 2 aromatic rings. The van der Waals surface area contributed by atoms with Crippen LogP contribution in [0.3, 0.4) is 0 Å². The molecule has 0 aliphatic rings. The first kappa shape index (κ1) is 17.0. The number of carbonyl (C=O) groups is 1. The molecular formula is C18H18N4O2. The number of hydrogen-bond acceptors (Lipinski definition) is 5. The summed E-state index contributed by atoms with van der Waals surface area (Å²) < 4.78 is 0. The van der Waals surface area contributed by atoms with Crippen LogP contribution in [0.4, 0.5) is 5.82 Å². The van der Waals surface area contributed by atoms with Crippen LogP contribution < -0.4 is 10.6 Å². The van der Waals surface area contributed by atoms with Crippen molar-refractivity contribution in [3.8, 4) is 11.8 Å². The number of carbonyl (C=O) groups excluding carboxylic acids is 1. The van der Waals surface area contributed by atoms with E-state index in [1.54, 1.807) is 30.3 Å². The Hall–Kier alpha value is -3.33. The molecule has 0 saturated heterocycles. The van der Waals surface area contributed by atoms with Crippen LogP contribution in [0, 0.1) is 18.3 Å². The minimum atomic E-state index is -0.448. The number of phenolic OH excluding ortho intramolecular Hbond substituents is 1. The van der Waals surface area contributed by atoms with E-state index in [-0.39, 0.29) is 11.3 Å². The molecule has 0 aliphatic carbocycles. The zero-order chi connectivity index (χ0) is 17.4. The lowest BCUT2D eigenvalue weighted by Gasteiger charge is -2.06. The van der Waals surface area contributed by atoms with Crippen molar-refractivity contribution in [1.82, 2.24) is 10.3 Å². The van der Waals surface area contributed by atoms with Gasteiger partial charge in [0.1, 0.15) is 23.2 Å². The first-order valence-electron chi connectivity index (χ1n) is 7.45. The molecule has 0 radical (unpaired) electrons. The maximum Gasteiger partial charge on any atom is 0.263 e. The first-order chi connectivity index (χ1) is 11.6. The number of pyridine rings is 1. The van der Waals surface area contributed by atoms with Crippen LogP contribution in [0.1, 0.15) is 11.3 Å². The molecule has 0 spiro atoms. The number of nitrogens with one attached hydrogen (secondary N) is 2. The van der Waals surface area contributed by atoms with Gasteiger partial charge >= 0.3 is 0 Å². The zero-order valence-corrected chi connectivity index (χ0v) is 13.3. The highest BCUT2D eigenvalue weighted by Crippen LogP contribution is 2.09. The second kappa shape index (κ2) is 8.34. The Morgan fingerprint density at radius 1 is 1.29 bits per heavy atom. The lowest BCUT2D eigenvalue weighted by molar-refractivity contribution is -0.117. The number of hydrogen-bond donors (Lipinski definition) is 3. The highest BCUT2D eigenvalue weighted by Gasteiger charge is 2.08. The molecule has 1 heterocycles. The Bertz CT molecular complexity index is 776. The predicted molar refractivity (Wildman–Crippen MR) is 91.1 cm³/mol. The van der Waals surface area contributed by atoms with Crippen molar-refractivity contribution >= 4 is 11.7 Å². The topological polar surface area (TPSA) is 98.0 Å². The van der Waals surface area contributed by atoms with E-state index in [1.165, 1.54) is 6.20 Å². The van der Waals surface area contributed by atoms with E-state index in [9.17, 15) is 9.90 Å². The molecule has 2 rings (SSSR count). The summed E-state index contributed by atoms with van der Waals surface area (Å²) in [7, 11) is 0. The van der Waals surface area contributed by atoms with Crippen molar-refractivity contribution in [2.75, 3.05) is 11.9 Å². The number of nitrogens with zero attached hydrogens (tertiary/aromatic N) is 2. The number of anilines is 1. The number of rotatable bonds is 6. The Kier molecular flexibility index (Phi) is 5.92. The highest BCUT2D eigenvalue weighted by molar-refractivity contribution is 5.97. The van der Waals surface area contributed by atoms with Crippen LogP contribution in [0.5, 0.6) is 5.75 Å². The fourth-order valence-corrected chi connectivity index (χ4v) is 2.00. The lowest BCUT2D eigenvalue weighted by atomic mass is 10.1. The fraction of sp³-hybridized carbons (Fsp3) is 0.167. The molecule has 3 N–H and O–H groups in total. The summed E-state index contributed by atoms with van der Waals surface area (Å²) in [5.41, 5.74) is 1.80. The molecule has 1 aromatic carbocycles. The fourth-order valence-electron chi connectivity index (χ4n) is 2.00. The van der Waals surface area contributed by atoms with E-state index in [1.807, 2.05) is 25.1 Å². The average molecular weight is 322 g/mol. The molecule has 1 amide bonds. The molecule has 0 atom stereocenters. The lowest BCUT2D eigenvalue weighted by Crippen LogP contribution is -2.27. The van der Waals surface area contributed by atoms with E-state index in [0.717, 1.165) is 11.3 Å². The van der Waals surface area contributed by atoms with E-state index in [2.05, 4.69) is 15.6 Å². The first-order valence-corrected chi connectivity index (χ1v) is 7.45. The van der Waals surface area contributed by atoms with Crippen molar-refractivity contribution in [3.05, 3.63) is 65.5 Å². The number of aryl methyl sites for hydroxylation is 1. The van der Waals surface area contributed by atoms with Crippen molar-refractivity contribution < 1.29 is 9.90 Å². The summed E-state index contributed by atoms with van der Waals surface area (Å²) in [4.78, 5) is 16.2. The number of aromatic hydroxyl groups is 1. The van der Waals surface area contributed by atoms with Gasteiger partial charge in [-0.1, -0.05) is 18.2 Å². The van der Waals surface area contributed by atoms with Gasteiger partial charge in [-0.05, 0) is 43.2 Å². The summed E-state index contributed by atoms with van der Waals surface area (Å²) in [6.45, 7) is 2.25. The van der Waals surface area contributed by atoms with Gasteiger partial charge in [0.05, 0.1) is 0 Å². The highest BCUT2D eigenvalue weighted by atomic mass is 16.3. The molecule has 0 saturated carbocycles. The van der Waals surface area contributed by atoms with Crippen LogP contribution >= 0.6 is 0 Å². The number of aromatic nitrogens is 1. The van der Waals surface area contributed by atoms with Crippen molar-refractivity contribution in [1.29, 1.82) is 5.26 Å². The molecule has 24 heavy (non-hydrogen) atoms. The second-order valence-corrected chi connectivity index (χ2v) is 5.15. The summed E-state index contributed by atoms with van der Waals surface area (Å²) in [6, 6.07) is 14.1. The maximum absolute atomic E-state index is 12.0. The molecular weight excluding hydrogens is 304 g/mol. The zero-order valence-electron chi connectivity index (χ0n) is 13.3. The van der Waals surface area contributed by atoms with Crippen LogP contribution in [0.25, 0.3) is 0 Å². The second-order valence-electron chi connectivity index (χ2n) is 5.15. The molecule has 0 bridgehead atoms. The van der Waals surface area contributed by atoms with Gasteiger partial charge in [0.25, 0.3) is 5.91 Å². The molecule has 0 unspecified atom stereocenters. The smallest absolute Gasteiger partial charge is 0.263 e. The number of benzene rings is 1. The van der Waals surface area contributed by atoms with Gasteiger partial charge in [-0.15, -0.1) is 0 Å². The Labute approximate surface area is 140 Å². The number of amides is 1. The van der Waals surface area contributed by atoms with E-state index < -0.39 is 5.91 Å². The minimum Gasteiger partial charge on any atom is -0.508 e. The molecule has 1 aromatic heterocycles. The maximum atomic E-state index is 12.0. The standard InChI is InChI=1S/C18H18N4O2/c1-13-3-2-4-17(22-13)21-12-15(11-19)18(24)20-10-9-14-5-7-16(23)8-6-14/h2-8,12,23H,9-10H2,1H3,(H,20,24)(H,21,22)/b15-12-. The molecule has 6 heteroatoms. The summed E-state index contributed by atoms with van der Waals surface area (Å²) in [5, 5.41) is 23.9. The van der Waals surface area contributed by atoms with Gasteiger partial charge in [0.15, 0.2) is 0 Å². The Morgan fingerprint density at radius 3 is 2.71 bits per heavy atom. The third-order valence-electron chi connectivity index (χ3n) is 3.25. The Morgan fingerprint density at radius 2 is 2.04 bits per heavy atom. The summed E-state index contributed by atoms with van der Waals surface area (Å²) in [5.74, 6) is 0.324. The van der Waals surface area contributed by atoms with Gasteiger partial charge in [-0.25, -0.2) is 4.98 Å². The van der Waals surface area contributed by atoms with Gasteiger partial charge in [0, 0.05) is 18.4 Å². The average Bonchev–Trinajstić information content (AvgIpc) is 2.57. The third-order valence-corrected chi connectivity index (χ3v) is 3.25. The molecule has 0 aliphatic heterocycles. The van der Waals surface area contributed by atoms with Crippen LogP contribution in [0.15, 0.2) is 54.2 Å². The van der Waals surface area contributed by atoms with Crippen LogP contribution in [-0.2, 0) is 11.2 Å². The van der Waals surface area contributed by atoms with E-state index >= 15 is 0 Å². The molecule has 122 valence electrons. The van der Waals surface area contributed by atoms with Crippen LogP contribution in [-0.4, -0.2) is 22.5 Å². The largest absolute Gasteiger partial charge is 0.508 e. The van der Waals surface area contributed by atoms with Gasteiger partial charge in [-0.2, -0.15) is 5.26 Å². The van der Waals surface area contributed by atoms with Gasteiger partial charge in [0.2, 0.25) is 0 Å². The monoisotopic (exact) mass is 322 g/mol.